The molecule has 4 heteroatoms. The molecule has 0 bridgehead atoms. The highest BCUT2D eigenvalue weighted by atomic mass is 79.9. The van der Waals surface area contributed by atoms with Crippen molar-refractivity contribution in [1.29, 1.82) is 0 Å². The van der Waals surface area contributed by atoms with E-state index in [2.05, 4.69) is 49.3 Å². The van der Waals surface area contributed by atoms with Gasteiger partial charge in [0, 0.05) is 15.0 Å². The molecule has 2 rings (SSSR count). The predicted octanol–water partition coefficient (Wildman–Crippen LogP) is 5.39. The third-order valence-corrected chi connectivity index (χ3v) is 3.81. The molecule has 0 fully saturated rings. The van der Waals surface area contributed by atoms with Crippen molar-refractivity contribution in [3.63, 3.8) is 0 Å². The normalized spacial score (nSPS) is 12.2. The number of anilines is 1. The zero-order chi connectivity index (χ0) is 13.8. The lowest BCUT2D eigenvalue weighted by molar-refractivity contribution is 0.625. The summed E-state index contributed by atoms with van der Waals surface area (Å²) in [4.78, 5) is 0. The minimum atomic E-state index is -0.231. The molecule has 0 aliphatic heterocycles. The molecular weight excluding hydrogens is 373 g/mol. The minimum absolute atomic E-state index is 0.157. The molecular formula is C15H14Br2FN. The van der Waals surface area contributed by atoms with Crippen molar-refractivity contribution in [3.8, 4) is 0 Å². The SMILES string of the molecule is CC(Cc1ccc(Br)cc1)Nc1cc(Br)ccc1F. The summed E-state index contributed by atoms with van der Waals surface area (Å²) in [5.74, 6) is -0.231. The number of hydrogen-bond donors (Lipinski definition) is 1. The second-order valence-corrected chi connectivity index (χ2v) is 6.33. The Bertz CT molecular complexity index is 555. The minimum Gasteiger partial charge on any atom is -0.380 e. The lowest BCUT2D eigenvalue weighted by Gasteiger charge is -2.16. The van der Waals surface area contributed by atoms with Gasteiger partial charge < -0.3 is 5.32 Å². The van der Waals surface area contributed by atoms with Gasteiger partial charge in [0.25, 0.3) is 0 Å². The second-order valence-electron chi connectivity index (χ2n) is 4.50. The maximum absolute atomic E-state index is 13.6. The van der Waals surface area contributed by atoms with Gasteiger partial charge in [-0.1, -0.05) is 44.0 Å². The molecule has 0 heterocycles. The van der Waals surface area contributed by atoms with Gasteiger partial charge in [0.1, 0.15) is 5.82 Å². The number of benzene rings is 2. The molecule has 1 N–H and O–H groups in total. The first-order chi connectivity index (χ1) is 9.04. The zero-order valence-electron chi connectivity index (χ0n) is 10.5. The Morgan fingerprint density at radius 3 is 2.37 bits per heavy atom. The van der Waals surface area contributed by atoms with Crippen LogP contribution in [0.4, 0.5) is 10.1 Å². The Labute approximate surface area is 129 Å². The fourth-order valence-corrected chi connectivity index (χ4v) is 2.52. The zero-order valence-corrected chi connectivity index (χ0v) is 13.6. The standard InChI is InChI=1S/C15H14Br2FN/c1-10(8-11-2-4-12(16)5-3-11)19-15-9-13(17)6-7-14(15)18/h2-7,9-10,19H,8H2,1H3. The molecule has 0 aliphatic carbocycles. The van der Waals surface area contributed by atoms with Crippen molar-refractivity contribution >= 4 is 37.5 Å². The van der Waals surface area contributed by atoms with Crippen LogP contribution in [0, 0.1) is 5.82 Å². The second kappa shape index (κ2) is 6.53. The number of nitrogens with one attached hydrogen (secondary N) is 1. The third kappa shape index (κ3) is 4.32. The summed E-state index contributed by atoms with van der Waals surface area (Å²) in [6.45, 7) is 2.04. The highest BCUT2D eigenvalue weighted by Crippen LogP contribution is 2.21. The molecule has 0 amide bonds. The van der Waals surface area contributed by atoms with Gasteiger partial charge in [0.05, 0.1) is 5.69 Å². The van der Waals surface area contributed by atoms with Crippen LogP contribution < -0.4 is 5.32 Å². The van der Waals surface area contributed by atoms with Gasteiger partial charge in [0.2, 0.25) is 0 Å². The molecule has 0 radical (unpaired) electrons. The molecule has 0 aromatic heterocycles. The first kappa shape index (κ1) is 14.5. The Morgan fingerprint density at radius 1 is 1.05 bits per heavy atom. The first-order valence-corrected chi connectivity index (χ1v) is 7.59. The number of hydrogen-bond acceptors (Lipinski definition) is 1. The van der Waals surface area contributed by atoms with Crippen LogP contribution in [0.5, 0.6) is 0 Å². The summed E-state index contributed by atoms with van der Waals surface area (Å²) in [7, 11) is 0. The maximum Gasteiger partial charge on any atom is 0.146 e. The molecule has 1 nitrogen and oxygen atoms in total. The maximum atomic E-state index is 13.6. The summed E-state index contributed by atoms with van der Waals surface area (Å²) in [6, 6.07) is 13.2. The van der Waals surface area contributed by atoms with E-state index in [1.165, 1.54) is 11.6 Å². The van der Waals surface area contributed by atoms with E-state index in [1.54, 1.807) is 12.1 Å². The highest BCUT2D eigenvalue weighted by molar-refractivity contribution is 9.10. The van der Waals surface area contributed by atoms with E-state index >= 15 is 0 Å². The van der Waals surface area contributed by atoms with Crippen molar-refractivity contribution < 1.29 is 4.39 Å². The van der Waals surface area contributed by atoms with E-state index in [0.717, 1.165) is 15.4 Å². The average molecular weight is 387 g/mol. The Hall–Kier alpha value is -0.870. The van der Waals surface area contributed by atoms with Crippen molar-refractivity contribution in [2.45, 2.75) is 19.4 Å². The van der Waals surface area contributed by atoms with E-state index in [4.69, 9.17) is 0 Å². The van der Waals surface area contributed by atoms with Gasteiger partial charge in [-0.25, -0.2) is 4.39 Å². The van der Waals surface area contributed by atoms with Crippen LogP contribution in [0.15, 0.2) is 51.4 Å². The van der Waals surface area contributed by atoms with E-state index in [0.29, 0.717) is 5.69 Å². The molecule has 0 saturated carbocycles. The highest BCUT2D eigenvalue weighted by Gasteiger charge is 2.08. The number of rotatable bonds is 4. The van der Waals surface area contributed by atoms with Crippen molar-refractivity contribution in [3.05, 3.63) is 62.8 Å². The largest absolute Gasteiger partial charge is 0.380 e. The molecule has 0 aliphatic rings. The average Bonchev–Trinajstić information content (AvgIpc) is 2.37. The molecule has 0 spiro atoms. The predicted molar refractivity (Wildman–Crippen MR) is 85.0 cm³/mol. The van der Waals surface area contributed by atoms with Crippen molar-refractivity contribution in [2.24, 2.45) is 0 Å². The monoisotopic (exact) mass is 385 g/mol. The van der Waals surface area contributed by atoms with Gasteiger partial charge in [-0.3, -0.25) is 0 Å². The van der Waals surface area contributed by atoms with Crippen LogP contribution in [0.2, 0.25) is 0 Å². The van der Waals surface area contributed by atoms with E-state index in [1.807, 2.05) is 19.1 Å². The molecule has 1 atom stereocenters. The van der Waals surface area contributed by atoms with E-state index in [-0.39, 0.29) is 11.9 Å². The van der Waals surface area contributed by atoms with Gasteiger partial charge in [0.15, 0.2) is 0 Å². The van der Waals surface area contributed by atoms with Crippen LogP contribution in [-0.4, -0.2) is 6.04 Å². The summed E-state index contributed by atoms with van der Waals surface area (Å²) in [5, 5.41) is 3.20. The van der Waals surface area contributed by atoms with Crippen LogP contribution in [0.3, 0.4) is 0 Å². The van der Waals surface area contributed by atoms with E-state index < -0.39 is 0 Å². The van der Waals surface area contributed by atoms with E-state index in [9.17, 15) is 4.39 Å². The quantitative estimate of drug-likeness (QED) is 0.742. The molecule has 1 unspecified atom stereocenters. The third-order valence-electron chi connectivity index (χ3n) is 2.79. The fourth-order valence-electron chi connectivity index (χ4n) is 1.90. The fraction of sp³-hybridized carbons (Fsp3) is 0.200. The van der Waals surface area contributed by atoms with Gasteiger partial charge in [-0.05, 0) is 49.2 Å². The molecule has 0 saturated heterocycles. The van der Waals surface area contributed by atoms with Gasteiger partial charge in [-0.2, -0.15) is 0 Å². The number of halogens is 3. The molecule has 100 valence electrons. The molecule has 19 heavy (non-hydrogen) atoms. The van der Waals surface area contributed by atoms with Crippen LogP contribution in [0.1, 0.15) is 12.5 Å². The van der Waals surface area contributed by atoms with Crippen LogP contribution in [-0.2, 0) is 6.42 Å². The molecule has 2 aromatic rings. The Balaban J connectivity index is 2.02. The Kier molecular flexibility index (Phi) is 4.99. The van der Waals surface area contributed by atoms with Crippen LogP contribution >= 0.6 is 31.9 Å². The summed E-state index contributed by atoms with van der Waals surface area (Å²) >= 11 is 6.76. The first-order valence-electron chi connectivity index (χ1n) is 6.00. The van der Waals surface area contributed by atoms with Crippen LogP contribution in [0.25, 0.3) is 0 Å². The van der Waals surface area contributed by atoms with Gasteiger partial charge in [-0.15, -0.1) is 0 Å². The van der Waals surface area contributed by atoms with Crippen molar-refractivity contribution in [1.82, 2.24) is 0 Å². The van der Waals surface area contributed by atoms with Crippen molar-refractivity contribution in [2.75, 3.05) is 5.32 Å². The summed E-state index contributed by atoms with van der Waals surface area (Å²) in [6.07, 6.45) is 0.846. The molecule has 2 aromatic carbocycles. The summed E-state index contributed by atoms with van der Waals surface area (Å²) in [5.41, 5.74) is 1.75. The lowest BCUT2D eigenvalue weighted by Crippen LogP contribution is -2.18. The lowest BCUT2D eigenvalue weighted by atomic mass is 10.1. The van der Waals surface area contributed by atoms with Gasteiger partial charge >= 0.3 is 0 Å². The summed E-state index contributed by atoms with van der Waals surface area (Å²) < 4.78 is 15.6. The topological polar surface area (TPSA) is 12.0 Å². The Morgan fingerprint density at radius 2 is 1.68 bits per heavy atom. The smallest absolute Gasteiger partial charge is 0.146 e.